The summed E-state index contributed by atoms with van der Waals surface area (Å²) in [5.74, 6) is 0.536. The molecule has 0 radical (unpaired) electrons. The third kappa shape index (κ3) is 20.5. The minimum atomic E-state index is -0.0779. The van der Waals surface area contributed by atoms with Crippen molar-refractivity contribution < 1.29 is 14.6 Å². The molecule has 1 N–H and O–H groups in total. The molecule has 0 aliphatic rings. The van der Waals surface area contributed by atoms with Gasteiger partial charge in [0.15, 0.2) is 0 Å². The summed E-state index contributed by atoms with van der Waals surface area (Å²) in [6, 6.07) is 0. The van der Waals surface area contributed by atoms with Gasteiger partial charge in [0.1, 0.15) is 0 Å². The first kappa shape index (κ1) is 28.4. The third-order valence-corrected chi connectivity index (χ3v) is 6.08. The first-order valence-electron chi connectivity index (χ1n) is 13.0. The van der Waals surface area contributed by atoms with E-state index in [-0.39, 0.29) is 12.1 Å². The molecule has 0 aromatic carbocycles. The lowest BCUT2D eigenvalue weighted by molar-refractivity contribution is -0.145. The number of unbranched alkanes of at least 4 members (excludes halogenated alkanes) is 11. The monoisotopic (exact) mass is 412 g/mol. The zero-order chi connectivity index (χ0) is 21.6. The van der Waals surface area contributed by atoms with Crippen LogP contribution in [-0.4, -0.2) is 23.8 Å². The SMILES string of the molecule is CCCCCC[C@H](O)CCCCCCCCCCC(=O)OC[C@@H](CC)CCCC. The van der Waals surface area contributed by atoms with Gasteiger partial charge in [0.25, 0.3) is 0 Å². The van der Waals surface area contributed by atoms with Crippen molar-refractivity contribution in [1.82, 2.24) is 0 Å². The number of hydrogen-bond donors (Lipinski definition) is 1. The first-order chi connectivity index (χ1) is 14.1. The Morgan fingerprint density at radius 3 is 1.76 bits per heavy atom. The van der Waals surface area contributed by atoms with Crippen molar-refractivity contribution in [3.8, 4) is 0 Å². The van der Waals surface area contributed by atoms with Gasteiger partial charge < -0.3 is 9.84 Å². The van der Waals surface area contributed by atoms with Gasteiger partial charge in [0.2, 0.25) is 0 Å². The van der Waals surface area contributed by atoms with Crippen molar-refractivity contribution in [2.45, 2.75) is 149 Å². The van der Waals surface area contributed by atoms with Crippen molar-refractivity contribution in [2.24, 2.45) is 5.92 Å². The summed E-state index contributed by atoms with van der Waals surface area (Å²) in [5.41, 5.74) is 0. The number of carbonyl (C=O) groups excluding carboxylic acids is 1. The molecule has 0 aliphatic heterocycles. The van der Waals surface area contributed by atoms with Crippen LogP contribution < -0.4 is 0 Å². The number of esters is 1. The normalized spacial score (nSPS) is 13.4. The fraction of sp³-hybridized carbons (Fsp3) is 0.962. The number of aliphatic hydroxyl groups is 1. The molecule has 0 aromatic rings. The zero-order valence-electron chi connectivity index (χ0n) is 20.1. The summed E-state index contributed by atoms with van der Waals surface area (Å²) in [5, 5.41) is 9.98. The number of hydrogen-bond acceptors (Lipinski definition) is 3. The van der Waals surface area contributed by atoms with Crippen LogP contribution in [0, 0.1) is 5.92 Å². The predicted octanol–water partition coefficient (Wildman–Crippen LogP) is 7.98. The van der Waals surface area contributed by atoms with Crippen LogP contribution in [0.3, 0.4) is 0 Å². The predicted molar refractivity (Wildman–Crippen MR) is 125 cm³/mol. The largest absolute Gasteiger partial charge is 0.465 e. The molecule has 2 atom stereocenters. The second-order valence-corrected chi connectivity index (χ2v) is 8.97. The summed E-state index contributed by atoms with van der Waals surface area (Å²) in [6.45, 7) is 7.23. The molecule has 0 aliphatic carbocycles. The maximum atomic E-state index is 11.9. The summed E-state index contributed by atoms with van der Waals surface area (Å²) in [4.78, 5) is 11.9. The lowest BCUT2D eigenvalue weighted by Crippen LogP contribution is -2.13. The first-order valence-corrected chi connectivity index (χ1v) is 13.0. The molecule has 0 aromatic heterocycles. The van der Waals surface area contributed by atoms with Crippen LogP contribution >= 0.6 is 0 Å². The molecule has 0 unspecified atom stereocenters. The molecule has 0 fully saturated rings. The molecule has 0 saturated heterocycles. The van der Waals surface area contributed by atoms with Crippen LogP contribution in [0.1, 0.15) is 143 Å². The molecule has 0 heterocycles. The van der Waals surface area contributed by atoms with Gasteiger partial charge in [0.05, 0.1) is 12.7 Å². The van der Waals surface area contributed by atoms with Gasteiger partial charge in [0, 0.05) is 6.42 Å². The van der Waals surface area contributed by atoms with E-state index in [1.165, 1.54) is 77.0 Å². The van der Waals surface area contributed by atoms with Crippen molar-refractivity contribution in [3.63, 3.8) is 0 Å². The van der Waals surface area contributed by atoms with E-state index in [0.717, 1.165) is 38.5 Å². The second-order valence-electron chi connectivity index (χ2n) is 8.97. The van der Waals surface area contributed by atoms with Gasteiger partial charge in [-0.05, 0) is 31.6 Å². The lowest BCUT2D eigenvalue weighted by atomic mass is 10.0. The van der Waals surface area contributed by atoms with Crippen molar-refractivity contribution >= 4 is 5.97 Å². The second kappa shape index (κ2) is 22.1. The molecule has 0 spiro atoms. The molecule has 0 rings (SSSR count). The molecule has 3 nitrogen and oxygen atoms in total. The van der Waals surface area contributed by atoms with Crippen molar-refractivity contribution in [1.29, 1.82) is 0 Å². The Bertz CT molecular complexity index is 343. The van der Waals surface area contributed by atoms with Crippen LogP contribution in [0.15, 0.2) is 0 Å². The van der Waals surface area contributed by atoms with E-state index < -0.39 is 0 Å². The summed E-state index contributed by atoms with van der Waals surface area (Å²) in [6.07, 6.45) is 21.8. The van der Waals surface area contributed by atoms with Crippen LogP contribution in [0.5, 0.6) is 0 Å². The Kier molecular flexibility index (Phi) is 21.7. The van der Waals surface area contributed by atoms with Gasteiger partial charge in [-0.1, -0.05) is 111 Å². The van der Waals surface area contributed by atoms with E-state index in [2.05, 4.69) is 20.8 Å². The lowest BCUT2D eigenvalue weighted by Gasteiger charge is -2.14. The molecular weight excluding hydrogens is 360 g/mol. The molecule has 3 heteroatoms. The summed E-state index contributed by atoms with van der Waals surface area (Å²) >= 11 is 0. The standard InChI is InChI=1S/C26H52O3/c1-4-7-9-16-20-25(27)21-17-14-12-10-11-13-15-18-22-26(28)29-23-24(6-3)19-8-5-2/h24-25,27H,4-23H2,1-3H3/t24-,25-/m0/s1. The Morgan fingerprint density at radius 2 is 1.21 bits per heavy atom. The Balaban J connectivity index is 3.36. The maximum absolute atomic E-state index is 11.9. The molecule has 0 amide bonds. The third-order valence-electron chi connectivity index (χ3n) is 6.08. The highest BCUT2D eigenvalue weighted by Crippen LogP contribution is 2.15. The highest BCUT2D eigenvalue weighted by Gasteiger charge is 2.09. The van der Waals surface area contributed by atoms with Crippen LogP contribution in [0.25, 0.3) is 0 Å². The Hall–Kier alpha value is -0.570. The maximum Gasteiger partial charge on any atom is 0.305 e. The summed E-state index contributed by atoms with van der Waals surface area (Å²) in [7, 11) is 0. The average molecular weight is 413 g/mol. The zero-order valence-corrected chi connectivity index (χ0v) is 20.1. The number of ether oxygens (including phenoxy) is 1. The van der Waals surface area contributed by atoms with E-state index in [1.807, 2.05) is 0 Å². The Labute approximate surface area is 182 Å². The van der Waals surface area contributed by atoms with Crippen molar-refractivity contribution in [2.75, 3.05) is 6.61 Å². The number of carbonyl (C=O) groups is 1. The molecular formula is C26H52O3. The van der Waals surface area contributed by atoms with E-state index in [9.17, 15) is 9.90 Å². The van der Waals surface area contributed by atoms with E-state index in [1.54, 1.807) is 0 Å². The topological polar surface area (TPSA) is 46.5 Å². The average Bonchev–Trinajstić information content (AvgIpc) is 2.72. The van der Waals surface area contributed by atoms with Gasteiger partial charge in [-0.2, -0.15) is 0 Å². The van der Waals surface area contributed by atoms with E-state index in [4.69, 9.17) is 4.74 Å². The molecule has 0 bridgehead atoms. The smallest absolute Gasteiger partial charge is 0.305 e. The van der Waals surface area contributed by atoms with Crippen LogP contribution in [-0.2, 0) is 9.53 Å². The fourth-order valence-electron chi connectivity index (χ4n) is 3.84. The molecule has 174 valence electrons. The minimum absolute atomic E-state index is 0.00630. The Morgan fingerprint density at radius 1 is 0.690 bits per heavy atom. The van der Waals surface area contributed by atoms with Gasteiger partial charge in [-0.15, -0.1) is 0 Å². The number of rotatable bonds is 22. The molecule has 0 saturated carbocycles. The van der Waals surface area contributed by atoms with Crippen LogP contribution in [0.4, 0.5) is 0 Å². The quantitative estimate of drug-likeness (QED) is 0.145. The van der Waals surface area contributed by atoms with Gasteiger partial charge in [-0.3, -0.25) is 4.79 Å². The van der Waals surface area contributed by atoms with E-state index in [0.29, 0.717) is 18.9 Å². The molecule has 29 heavy (non-hydrogen) atoms. The number of aliphatic hydroxyl groups excluding tert-OH is 1. The highest BCUT2D eigenvalue weighted by molar-refractivity contribution is 5.69. The van der Waals surface area contributed by atoms with Gasteiger partial charge >= 0.3 is 5.97 Å². The van der Waals surface area contributed by atoms with Crippen molar-refractivity contribution in [3.05, 3.63) is 0 Å². The fourth-order valence-corrected chi connectivity index (χ4v) is 3.84. The van der Waals surface area contributed by atoms with E-state index >= 15 is 0 Å². The highest BCUT2D eigenvalue weighted by atomic mass is 16.5. The minimum Gasteiger partial charge on any atom is -0.465 e. The summed E-state index contributed by atoms with van der Waals surface area (Å²) < 4.78 is 5.46. The van der Waals surface area contributed by atoms with Gasteiger partial charge in [-0.25, -0.2) is 0 Å². The van der Waals surface area contributed by atoms with Crippen LogP contribution in [0.2, 0.25) is 0 Å².